The molecule has 1 aromatic heterocycles. The summed E-state index contributed by atoms with van der Waals surface area (Å²) in [4.78, 5) is 22.8. The predicted molar refractivity (Wildman–Crippen MR) is 54.9 cm³/mol. The van der Waals surface area contributed by atoms with Crippen LogP contribution in [-0.4, -0.2) is 32.6 Å². The second kappa shape index (κ2) is 4.74. The molecule has 1 rings (SSSR count). The average Bonchev–Trinajstić information content (AvgIpc) is 2.23. The molecule has 7 nitrogen and oxygen atoms in total. The lowest BCUT2D eigenvalue weighted by Gasteiger charge is -2.06. The molecule has 0 spiro atoms. The quantitative estimate of drug-likeness (QED) is 0.581. The first-order valence-corrected chi connectivity index (χ1v) is 4.57. The Morgan fingerprint density at radius 1 is 1.40 bits per heavy atom. The molecule has 0 bridgehead atoms. The van der Waals surface area contributed by atoms with Crippen molar-refractivity contribution in [2.45, 2.75) is 6.42 Å². The molecule has 15 heavy (non-hydrogen) atoms. The molecule has 0 fully saturated rings. The fraction of sp³-hybridized carbons (Fsp3) is 0.625. The van der Waals surface area contributed by atoms with E-state index < -0.39 is 11.2 Å². The zero-order valence-electron chi connectivity index (χ0n) is 8.73. The monoisotopic (exact) mass is 214 g/mol. The number of aryl methyl sites for hydroxylation is 1. The molecule has 0 atom stereocenters. The molecule has 84 valence electrons. The highest BCUT2D eigenvalue weighted by Gasteiger charge is 2.06. The predicted octanol–water partition coefficient (Wildman–Crippen LogP) is -1.73. The van der Waals surface area contributed by atoms with Gasteiger partial charge in [0.25, 0.3) is 5.56 Å². The first-order chi connectivity index (χ1) is 7.07. The number of aliphatic hydroxyl groups excluding tert-OH is 1. The molecule has 0 saturated carbocycles. The van der Waals surface area contributed by atoms with Crippen molar-refractivity contribution in [1.82, 2.24) is 14.3 Å². The summed E-state index contributed by atoms with van der Waals surface area (Å²) in [5, 5.41) is 15.1. The Balaban J connectivity index is 3.00. The summed E-state index contributed by atoms with van der Waals surface area (Å²) < 4.78 is 2.07. The fourth-order valence-corrected chi connectivity index (χ4v) is 1.10. The number of hydrogen-bond donors (Lipinski definition) is 2. The average molecular weight is 214 g/mol. The van der Waals surface area contributed by atoms with Gasteiger partial charge in [-0.3, -0.25) is 9.36 Å². The van der Waals surface area contributed by atoms with Crippen LogP contribution in [0.5, 0.6) is 0 Å². The van der Waals surface area contributed by atoms with Crippen LogP contribution in [0.1, 0.15) is 6.42 Å². The molecule has 7 heteroatoms. The van der Waals surface area contributed by atoms with Gasteiger partial charge in [-0.05, 0) is 6.42 Å². The Labute approximate surface area is 86.0 Å². The van der Waals surface area contributed by atoms with Gasteiger partial charge in [-0.2, -0.15) is 0 Å². The van der Waals surface area contributed by atoms with Crippen LogP contribution in [0.25, 0.3) is 0 Å². The second-order valence-corrected chi connectivity index (χ2v) is 3.12. The van der Waals surface area contributed by atoms with Crippen LogP contribution in [0.2, 0.25) is 0 Å². The molecule has 0 saturated heterocycles. The first kappa shape index (κ1) is 11.4. The Bertz CT molecular complexity index is 448. The highest BCUT2D eigenvalue weighted by atomic mass is 16.3. The third kappa shape index (κ3) is 2.44. The summed E-state index contributed by atoms with van der Waals surface area (Å²) in [6.45, 7) is 0.482. The van der Waals surface area contributed by atoms with Crippen molar-refractivity contribution in [3.63, 3.8) is 0 Å². The lowest BCUT2D eigenvalue weighted by molar-refractivity contribution is 0.292. The van der Waals surface area contributed by atoms with E-state index in [0.29, 0.717) is 13.0 Å². The van der Waals surface area contributed by atoms with Crippen LogP contribution in [-0.2, 0) is 14.1 Å². The van der Waals surface area contributed by atoms with Crippen LogP contribution >= 0.6 is 0 Å². The van der Waals surface area contributed by atoms with Gasteiger partial charge in [0.1, 0.15) is 0 Å². The first-order valence-electron chi connectivity index (χ1n) is 4.57. The molecule has 0 amide bonds. The molecule has 1 aromatic rings. The van der Waals surface area contributed by atoms with Gasteiger partial charge in [-0.1, -0.05) is 0 Å². The van der Waals surface area contributed by atoms with Gasteiger partial charge in [0.2, 0.25) is 5.82 Å². The Kier molecular flexibility index (Phi) is 3.62. The maximum atomic E-state index is 11.5. The van der Waals surface area contributed by atoms with E-state index in [1.165, 1.54) is 14.1 Å². The van der Waals surface area contributed by atoms with Crippen molar-refractivity contribution in [2.24, 2.45) is 14.1 Å². The Morgan fingerprint density at radius 2 is 2.07 bits per heavy atom. The van der Waals surface area contributed by atoms with E-state index in [1.807, 2.05) is 0 Å². The van der Waals surface area contributed by atoms with Crippen LogP contribution in [0, 0.1) is 0 Å². The van der Waals surface area contributed by atoms with Gasteiger partial charge in [-0.25, -0.2) is 9.48 Å². The topological polar surface area (TPSA) is 89.2 Å². The van der Waals surface area contributed by atoms with Crippen molar-refractivity contribution in [1.29, 1.82) is 0 Å². The van der Waals surface area contributed by atoms with Crippen LogP contribution in [0.15, 0.2) is 9.59 Å². The summed E-state index contributed by atoms with van der Waals surface area (Å²) in [6, 6.07) is 0. The van der Waals surface area contributed by atoms with E-state index >= 15 is 0 Å². The molecule has 2 N–H and O–H groups in total. The zero-order valence-corrected chi connectivity index (χ0v) is 8.73. The normalized spacial score (nSPS) is 10.3. The van der Waals surface area contributed by atoms with Gasteiger partial charge in [0.15, 0.2) is 0 Å². The maximum Gasteiger partial charge on any atom is 0.346 e. The summed E-state index contributed by atoms with van der Waals surface area (Å²) in [5.41, 5.74) is -0.927. The molecule has 0 aromatic carbocycles. The standard InChI is InChI=1S/C8H14N4O3/c1-11-7(14)6(9-4-3-5-13)10-12(2)8(11)15/h13H,3-5H2,1-2H3,(H,9,10). The summed E-state index contributed by atoms with van der Waals surface area (Å²) in [5.74, 6) is 0.119. The third-order valence-electron chi connectivity index (χ3n) is 1.95. The molecule has 0 unspecified atom stereocenters. The molecule has 1 heterocycles. The minimum atomic E-state index is -0.465. The number of aliphatic hydroxyl groups is 1. The van der Waals surface area contributed by atoms with Gasteiger partial charge in [-0.15, -0.1) is 5.10 Å². The smallest absolute Gasteiger partial charge is 0.346 e. The molecule has 0 aliphatic rings. The third-order valence-corrected chi connectivity index (χ3v) is 1.95. The van der Waals surface area contributed by atoms with Crippen molar-refractivity contribution >= 4 is 5.82 Å². The number of anilines is 1. The molecular formula is C8H14N4O3. The zero-order chi connectivity index (χ0) is 11.4. The van der Waals surface area contributed by atoms with Gasteiger partial charge in [0, 0.05) is 27.2 Å². The molecule has 0 aliphatic heterocycles. The summed E-state index contributed by atoms with van der Waals surface area (Å²) in [7, 11) is 2.86. The lowest BCUT2D eigenvalue weighted by atomic mass is 10.4. The highest BCUT2D eigenvalue weighted by Crippen LogP contribution is 1.89. The molecule has 0 radical (unpaired) electrons. The lowest BCUT2D eigenvalue weighted by Crippen LogP contribution is -2.40. The van der Waals surface area contributed by atoms with Gasteiger partial charge >= 0.3 is 5.69 Å². The number of nitrogens with zero attached hydrogens (tertiary/aromatic N) is 3. The van der Waals surface area contributed by atoms with E-state index in [0.717, 1.165) is 9.25 Å². The van der Waals surface area contributed by atoms with Crippen molar-refractivity contribution in [3.05, 3.63) is 20.8 Å². The summed E-state index contributed by atoms with van der Waals surface area (Å²) >= 11 is 0. The maximum absolute atomic E-state index is 11.5. The highest BCUT2D eigenvalue weighted by molar-refractivity contribution is 5.29. The molecule has 0 aliphatic carbocycles. The number of nitrogens with one attached hydrogen (secondary N) is 1. The van der Waals surface area contributed by atoms with Crippen molar-refractivity contribution < 1.29 is 5.11 Å². The fourth-order valence-electron chi connectivity index (χ4n) is 1.10. The van der Waals surface area contributed by atoms with E-state index in [9.17, 15) is 9.59 Å². The van der Waals surface area contributed by atoms with E-state index in [1.54, 1.807) is 0 Å². The number of hydrogen-bond acceptors (Lipinski definition) is 5. The van der Waals surface area contributed by atoms with Gasteiger partial charge in [0.05, 0.1) is 0 Å². The SMILES string of the molecule is Cn1nc(NCCCO)c(=O)n(C)c1=O. The van der Waals surface area contributed by atoms with Crippen LogP contribution in [0.3, 0.4) is 0 Å². The van der Waals surface area contributed by atoms with Gasteiger partial charge < -0.3 is 10.4 Å². The Hall–Kier alpha value is -1.63. The number of rotatable bonds is 4. The minimum Gasteiger partial charge on any atom is -0.396 e. The van der Waals surface area contributed by atoms with E-state index in [-0.39, 0.29) is 12.4 Å². The van der Waals surface area contributed by atoms with Crippen LogP contribution in [0.4, 0.5) is 5.82 Å². The number of aromatic nitrogens is 3. The Morgan fingerprint density at radius 3 is 2.67 bits per heavy atom. The van der Waals surface area contributed by atoms with Crippen LogP contribution < -0.4 is 16.6 Å². The van der Waals surface area contributed by atoms with E-state index in [4.69, 9.17) is 5.11 Å². The largest absolute Gasteiger partial charge is 0.396 e. The van der Waals surface area contributed by atoms with Crippen molar-refractivity contribution in [3.8, 4) is 0 Å². The van der Waals surface area contributed by atoms with Crippen molar-refractivity contribution in [2.75, 3.05) is 18.5 Å². The second-order valence-electron chi connectivity index (χ2n) is 3.12. The van der Waals surface area contributed by atoms with E-state index in [2.05, 4.69) is 10.4 Å². The molecular weight excluding hydrogens is 200 g/mol. The minimum absolute atomic E-state index is 0.0408. The summed E-state index contributed by atoms with van der Waals surface area (Å²) in [6.07, 6.45) is 0.522.